The Morgan fingerprint density at radius 3 is 2.38 bits per heavy atom. The molecule has 0 aliphatic heterocycles. The molecule has 1 amide bonds. The summed E-state index contributed by atoms with van der Waals surface area (Å²) in [5.41, 5.74) is 3.60. The standard InChI is InChI=1S/C18H23N3O3/c1-4-9-20(12-17(22)23)18(24)16-7-5-15(6-8-16)11-21-14(3)10-13(2)19-21/h5-8,10H,4,9,11-12H2,1-3H3,(H,22,23). The second-order valence-corrected chi connectivity index (χ2v) is 5.90. The molecule has 2 rings (SSSR count). The third-order valence-corrected chi connectivity index (χ3v) is 3.74. The average molecular weight is 329 g/mol. The topological polar surface area (TPSA) is 75.4 Å². The van der Waals surface area contributed by atoms with Crippen LogP contribution < -0.4 is 0 Å². The van der Waals surface area contributed by atoms with Crippen molar-refractivity contribution in [3.63, 3.8) is 0 Å². The number of aryl methyl sites for hydroxylation is 2. The number of carbonyl (C=O) groups excluding carboxylic acids is 1. The lowest BCUT2D eigenvalue weighted by molar-refractivity contribution is -0.137. The Bertz CT molecular complexity index is 720. The van der Waals surface area contributed by atoms with Crippen molar-refractivity contribution >= 4 is 11.9 Å². The SMILES string of the molecule is CCCN(CC(=O)O)C(=O)c1ccc(Cn2nc(C)cc2C)cc1. The maximum Gasteiger partial charge on any atom is 0.323 e. The van der Waals surface area contributed by atoms with E-state index in [1.807, 2.05) is 43.7 Å². The fourth-order valence-electron chi connectivity index (χ4n) is 2.63. The highest BCUT2D eigenvalue weighted by molar-refractivity contribution is 5.95. The van der Waals surface area contributed by atoms with Crippen LogP contribution in [0.25, 0.3) is 0 Å². The molecule has 1 heterocycles. The fourth-order valence-corrected chi connectivity index (χ4v) is 2.63. The lowest BCUT2D eigenvalue weighted by atomic mass is 10.1. The van der Waals surface area contributed by atoms with Gasteiger partial charge < -0.3 is 10.0 Å². The van der Waals surface area contributed by atoms with Crippen LogP contribution in [0, 0.1) is 13.8 Å². The van der Waals surface area contributed by atoms with E-state index in [2.05, 4.69) is 5.10 Å². The molecule has 1 aromatic carbocycles. The zero-order valence-electron chi connectivity index (χ0n) is 14.3. The van der Waals surface area contributed by atoms with Crippen LogP contribution in [0.4, 0.5) is 0 Å². The van der Waals surface area contributed by atoms with Crippen molar-refractivity contribution in [2.75, 3.05) is 13.1 Å². The summed E-state index contributed by atoms with van der Waals surface area (Å²) in [7, 11) is 0. The van der Waals surface area contributed by atoms with Crippen LogP contribution in [0.3, 0.4) is 0 Å². The van der Waals surface area contributed by atoms with E-state index in [0.717, 1.165) is 23.4 Å². The summed E-state index contributed by atoms with van der Waals surface area (Å²) in [6, 6.07) is 9.28. The number of carbonyl (C=O) groups is 2. The van der Waals surface area contributed by atoms with Gasteiger partial charge in [-0.15, -0.1) is 0 Å². The van der Waals surface area contributed by atoms with E-state index in [1.54, 1.807) is 12.1 Å². The van der Waals surface area contributed by atoms with Gasteiger partial charge in [0.1, 0.15) is 6.54 Å². The molecule has 2 aromatic rings. The van der Waals surface area contributed by atoms with Gasteiger partial charge in [-0.3, -0.25) is 14.3 Å². The van der Waals surface area contributed by atoms with Crippen molar-refractivity contribution in [3.8, 4) is 0 Å². The van der Waals surface area contributed by atoms with Crippen molar-refractivity contribution < 1.29 is 14.7 Å². The van der Waals surface area contributed by atoms with Gasteiger partial charge in [-0.25, -0.2) is 0 Å². The van der Waals surface area contributed by atoms with Gasteiger partial charge in [-0.1, -0.05) is 19.1 Å². The molecule has 0 saturated heterocycles. The van der Waals surface area contributed by atoms with Crippen molar-refractivity contribution in [1.82, 2.24) is 14.7 Å². The summed E-state index contributed by atoms with van der Waals surface area (Å²) >= 11 is 0. The van der Waals surface area contributed by atoms with Gasteiger partial charge in [0.05, 0.1) is 12.2 Å². The second-order valence-electron chi connectivity index (χ2n) is 5.90. The summed E-state index contributed by atoms with van der Waals surface area (Å²) in [5, 5.41) is 13.4. The zero-order chi connectivity index (χ0) is 17.7. The molecule has 0 fully saturated rings. The normalized spacial score (nSPS) is 10.6. The summed E-state index contributed by atoms with van der Waals surface area (Å²) in [6.07, 6.45) is 0.717. The van der Waals surface area contributed by atoms with Crippen molar-refractivity contribution in [2.24, 2.45) is 0 Å². The maximum atomic E-state index is 12.4. The van der Waals surface area contributed by atoms with Gasteiger partial charge in [0.25, 0.3) is 5.91 Å². The molecule has 0 aliphatic carbocycles. The van der Waals surface area contributed by atoms with Crippen LogP contribution in [-0.4, -0.2) is 44.8 Å². The molecule has 0 radical (unpaired) electrons. The first-order valence-corrected chi connectivity index (χ1v) is 8.01. The van der Waals surface area contributed by atoms with Crippen LogP contribution in [0.1, 0.15) is 40.7 Å². The molecule has 6 nitrogen and oxygen atoms in total. The Labute approximate surface area is 141 Å². The lowest BCUT2D eigenvalue weighted by Crippen LogP contribution is -2.36. The molecule has 0 spiro atoms. The first kappa shape index (κ1) is 17.7. The van der Waals surface area contributed by atoms with Crippen molar-refractivity contribution in [2.45, 2.75) is 33.7 Å². The molecule has 128 valence electrons. The average Bonchev–Trinajstić information content (AvgIpc) is 2.84. The van der Waals surface area contributed by atoms with Crippen LogP contribution in [0.15, 0.2) is 30.3 Å². The fraction of sp³-hybridized carbons (Fsp3) is 0.389. The first-order chi connectivity index (χ1) is 11.4. The number of hydrogen-bond donors (Lipinski definition) is 1. The number of carboxylic acids is 1. The number of aliphatic carboxylic acids is 1. The van der Waals surface area contributed by atoms with Gasteiger partial charge in [0.2, 0.25) is 0 Å². The number of benzene rings is 1. The van der Waals surface area contributed by atoms with Crippen LogP contribution in [0.5, 0.6) is 0 Å². The maximum absolute atomic E-state index is 12.4. The Morgan fingerprint density at radius 2 is 1.88 bits per heavy atom. The van der Waals surface area contributed by atoms with Crippen LogP contribution in [-0.2, 0) is 11.3 Å². The van der Waals surface area contributed by atoms with E-state index in [0.29, 0.717) is 18.7 Å². The van der Waals surface area contributed by atoms with E-state index in [9.17, 15) is 9.59 Å². The van der Waals surface area contributed by atoms with Gasteiger partial charge in [0.15, 0.2) is 0 Å². The number of carboxylic acid groups (broad SMARTS) is 1. The minimum Gasteiger partial charge on any atom is -0.480 e. The van der Waals surface area contributed by atoms with Gasteiger partial charge in [-0.2, -0.15) is 5.10 Å². The van der Waals surface area contributed by atoms with E-state index in [1.165, 1.54) is 4.90 Å². The van der Waals surface area contributed by atoms with Gasteiger partial charge >= 0.3 is 5.97 Å². The third kappa shape index (κ3) is 4.44. The van der Waals surface area contributed by atoms with Crippen molar-refractivity contribution in [3.05, 3.63) is 52.8 Å². The number of aromatic nitrogens is 2. The highest BCUT2D eigenvalue weighted by Crippen LogP contribution is 2.11. The largest absolute Gasteiger partial charge is 0.480 e. The molecule has 1 aromatic heterocycles. The lowest BCUT2D eigenvalue weighted by Gasteiger charge is -2.20. The second kappa shape index (κ2) is 7.77. The summed E-state index contributed by atoms with van der Waals surface area (Å²) in [4.78, 5) is 24.7. The predicted octanol–water partition coefficient (Wildman–Crippen LogP) is 2.49. The highest BCUT2D eigenvalue weighted by atomic mass is 16.4. The summed E-state index contributed by atoms with van der Waals surface area (Å²) in [6.45, 7) is 6.67. The molecule has 6 heteroatoms. The van der Waals surface area contributed by atoms with Crippen LogP contribution in [0.2, 0.25) is 0 Å². The van der Waals surface area contributed by atoms with Crippen molar-refractivity contribution in [1.29, 1.82) is 0 Å². The number of nitrogens with zero attached hydrogens (tertiary/aromatic N) is 3. The van der Waals surface area contributed by atoms with Gasteiger partial charge in [-0.05, 0) is 44.0 Å². The van der Waals surface area contributed by atoms with E-state index in [-0.39, 0.29) is 12.5 Å². The molecule has 0 atom stereocenters. The first-order valence-electron chi connectivity index (χ1n) is 8.01. The third-order valence-electron chi connectivity index (χ3n) is 3.74. The molecule has 24 heavy (non-hydrogen) atoms. The Balaban J connectivity index is 2.11. The molecular formula is C18H23N3O3. The molecule has 0 bridgehead atoms. The number of amides is 1. The number of hydrogen-bond acceptors (Lipinski definition) is 3. The minimum atomic E-state index is -1.00. The summed E-state index contributed by atoms with van der Waals surface area (Å²) < 4.78 is 1.92. The predicted molar refractivity (Wildman–Crippen MR) is 91.1 cm³/mol. The van der Waals surface area contributed by atoms with Gasteiger partial charge in [0, 0.05) is 17.8 Å². The minimum absolute atomic E-state index is 0.253. The molecular weight excluding hydrogens is 306 g/mol. The molecule has 0 saturated carbocycles. The smallest absolute Gasteiger partial charge is 0.323 e. The Morgan fingerprint density at radius 1 is 1.21 bits per heavy atom. The molecule has 0 unspecified atom stereocenters. The van der Waals surface area contributed by atoms with Crippen LogP contribution >= 0.6 is 0 Å². The molecule has 1 N–H and O–H groups in total. The van der Waals surface area contributed by atoms with E-state index < -0.39 is 5.97 Å². The monoisotopic (exact) mass is 329 g/mol. The summed E-state index contributed by atoms with van der Waals surface area (Å²) in [5.74, 6) is -1.25. The number of rotatable bonds is 7. The Hall–Kier alpha value is -2.63. The molecule has 0 aliphatic rings. The highest BCUT2D eigenvalue weighted by Gasteiger charge is 2.17. The quantitative estimate of drug-likeness (QED) is 0.847. The zero-order valence-corrected chi connectivity index (χ0v) is 14.3. The van der Waals surface area contributed by atoms with E-state index >= 15 is 0 Å². The van der Waals surface area contributed by atoms with E-state index in [4.69, 9.17) is 5.11 Å². The Kier molecular flexibility index (Phi) is 5.73.